The molecule has 6 heteroatoms. The molecule has 0 bridgehead atoms. The van der Waals surface area contributed by atoms with Gasteiger partial charge in [0, 0.05) is 16.6 Å². The summed E-state index contributed by atoms with van der Waals surface area (Å²) in [6, 6.07) is 14.7. The Labute approximate surface area is 143 Å². The van der Waals surface area contributed by atoms with Crippen LogP contribution in [0.15, 0.2) is 53.9 Å². The van der Waals surface area contributed by atoms with Gasteiger partial charge in [-0.15, -0.1) is 11.3 Å². The molecule has 2 aromatic carbocycles. The first-order chi connectivity index (χ1) is 10.2. The lowest BCUT2D eigenvalue weighted by molar-refractivity contribution is -0.00000549. The lowest BCUT2D eigenvalue weighted by Gasteiger charge is -2.02. The molecular formula is C16H14BrN2O2S-. The van der Waals surface area contributed by atoms with E-state index in [2.05, 4.69) is 10.3 Å². The van der Waals surface area contributed by atoms with E-state index in [1.165, 1.54) is 11.3 Å². The number of nitrogens with zero attached hydrogens (tertiary/aromatic N) is 1. The molecule has 0 atom stereocenters. The molecule has 1 heterocycles. The zero-order valence-electron chi connectivity index (χ0n) is 11.8. The van der Waals surface area contributed by atoms with Crippen LogP contribution in [0.2, 0.25) is 0 Å². The largest absolute Gasteiger partial charge is 1.00 e. The first-order valence-electron chi connectivity index (χ1n) is 6.40. The second-order valence-electron chi connectivity index (χ2n) is 4.44. The standard InChI is InChI=1S/C16H14N2O2S.BrH/c1-20-14-8-2-11(3-9-14)15-10-21-16(18-15)17-12-4-6-13(19)7-5-12;/h2-10,19H,1H3,(H,17,18);1H/p-1. The number of phenols is 1. The SMILES string of the molecule is COc1ccc(-c2csc(Nc3ccc(O)cc3)n2)cc1.[Br-]. The molecule has 0 spiro atoms. The molecule has 0 aliphatic carbocycles. The minimum absolute atomic E-state index is 0. The van der Waals surface area contributed by atoms with Crippen molar-refractivity contribution in [2.24, 2.45) is 0 Å². The Morgan fingerprint density at radius 2 is 1.73 bits per heavy atom. The van der Waals surface area contributed by atoms with Crippen LogP contribution in [0.3, 0.4) is 0 Å². The topological polar surface area (TPSA) is 54.4 Å². The molecule has 0 aliphatic heterocycles. The Kier molecular flexibility index (Phi) is 5.41. The summed E-state index contributed by atoms with van der Waals surface area (Å²) in [5, 5.41) is 15.3. The Hall–Kier alpha value is -2.05. The fourth-order valence-electron chi connectivity index (χ4n) is 1.89. The van der Waals surface area contributed by atoms with E-state index in [0.29, 0.717) is 0 Å². The second kappa shape index (κ2) is 7.29. The zero-order chi connectivity index (χ0) is 14.7. The number of phenolic OH excluding ortho intramolecular Hbond substituents is 1. The average Bonchev–Trinajstić information content (AvgIpc) is 2.98. The second-order valence-corrected chi connectivity index (χ2v) is 5.30. The zero-order valence-corrected chi connectivity index (χ0v) is 14.2. The molecule has 0 aliphatic rings. The first-order valence-corrected chi connectivity index (χ1v) is 7.28. The summed E-state index contributed by atoms with van der Waals surface area (Å²) >= 11 is 1.54. The highest BCUT2D eigenvalue weighted by molar-refractivity contribution is 7.14. The van der Waals surface area contributed by atoms with Crippen molar-refractivity contribution in [3.05, 3.63) is 53.9 Å². The monoisotopic (exact) mass is 377 g/mol. The van der Waals surface area contributed by atoms with Crippen molar-refractivity contribution in [1.82, 2.24) is 4.98 Å². The van der Waals surface area contributed by atoms with Crippen molar-refractivity contribution in [2.45, 2.75) is 0 Å². The van der Waals surface area contributed by atoms with E-state index in [4.69, 9.17) is 4.74 Å². The molecule has 0 unspecified atom stereocenters. The van der Waals surface area contributed by atoms with Gasteiger partial charge in [-0.25, -0.2) is 4.98 Å². The summed E-state index contributed by atoms with van der Waals surface area (Å²) in [4.78, 5) is 4.56. The van der Waals surface area contributed by atoms with Crippen LogP contribution in [-0.2, 0) is 0 Å². The maximum Gasteiger partial charge on any atom is 0.187 e. The van der Waals surface area contributed by atoms with Crippen molar-refractivity contribution >= 4 is 22.2 Å². The summed E-state index contributed by atoms with van der Waals surface area (Å²) in [5.74, 6) is 1.08. The van der Waals surface area contributed by atoms with Gasteiger partial charge in [0.2, 0.25) is 0 Å². The molecule has 0 amide bonds. The highest BCUT2D eigenvalue weighted by Crippen LogP contribution is 2.28. The third-order valence-corrected chi connectivity index (χ3v) is 3.77. The molecule has 4 nitrogen and oxygen atoms in total. The number of aromatic nitrogens is 1. The van der Waals surface area contributed by atoms with Gasteiger partial charge in [-0.1, -0.05) is 0 Å². The molecule has 1 aromatic heterocycles. The van der Waals surface area contributed by atoms with Gasteiger partial charge in [-0.3, -0.25) is 0 Å². The van der Waals surface area contributed by atoms with Gasteiger partial charge >= 0.3 is 0 Å². The van der Waals surface area contributed by atoms with E-state index in [-0.39, 0.29) is 22.7 Å². The van der Waals surface area contributed by atoms with Gasteiger partial charge < -0.3 is 32.1 Å². The van der Waals surface area contributed by atoms with Crippen molar-refractivity contribution in [2.75, 3.05) is 12.4 Å². The van der Waals surface area contributed by atoms with Crippen LogP contribution in [0.1, 0.15) is 0 Å². The number of hydrogen-bond donors (Lipinski definition) is 2. The number of nitrogens with one attached hydrogen (secondary N) is 1. The van der Waals surface area contributed by atoms with E-state index in [0.717, 1.165) is 27.8 Å². The Balaban J connectivity index is 0.00000176. The van der Waals surface area contributed by atoms with Crippen molar-refractivity contribution in [3.63, 3.8) is 0 Å². The number of anilines is 2. The van der Waals surface area contributed by atoms with Crippen molar-refractivity contribution < 1.29 is 26.8 Å². The van der Waals surface area contributed by atoms with Gasteiger partial charge in [0.25, 0.3) is 0 Å². The summed E-state index contributed by atoms with van der Waals surface area (Å²) in [7, 11) is 1.65. The van der Waals surface area contributed by atoms with Gasteiger partial charge in [0.15, 0.2) is 5.13 Å². The lowest BCUT2D eigenvalue weighted by Crippen LogP contribution is -3.00. The number of halogens is 1. The van der Waals surface area contributed by atoms with Crippen LogP contribution >= 0.6 is 11.3 Å². The molecular weight excluding hydrogens is 364 g/mol. The summed E-state index contributed by atoms with van der Waals surface area (Å²) < 4.78 is 5.15. The third kappa shape index (κ3) is 3.78. The predicted molar refractivity (Wildman–Crippen MR) is 85.5 cm³/mol. The van der Waals surface area contributed by atoms with Crippen LogP contribution < -0.4 is 27.0 Å². The molecule has 114 valence electrons. The highest BCUT2D eigenvalue weighted by Gasteiger charge is 2.05. The van der Waals surface area contributed by atoms with E-state index >= 15 is 0 Å². The van der Waals surface area contributed by atoms with Gasteiger partial charge in [-0.05, 0) is 48.5 Å². The number of methoxy groups -OCH3 is 1. The Bertz CT molecular complexity index is 727. The normalized spacial score (nSPS) is 9.86. The van der Waals surface area contributed by atoms with Crippen molar-refractivity contribution in [3.8, 4) is 22.8 Å². The summed E-state index contributed by atoms with van der Waals surface area (Å²) in [6.45, 7) is 0. The Morgan fingerprint density at radius 1 is 1.05 bits per heavy atom. The Morgan fingerprint density at radius 3 is 2.36 bits per heavy atom. The number of aromatic hydroxyl groups is 1. The molecule has 3 aromatic rings. The van der Waals surface area contributed by atoms with Gasteiger partial charge in [0.1, 0.15) is 11.5 Å². The molecule has 22 heavy (non-hydrogen) atoms. The summed E-state index contributed by atoms with van der Waals surface area (Å²) in [6.07, 6.45) is 0. The fraction of sp³-hybridized carbons (Fsp3) is 0.0625. The molecule has 2 N–H and O–H groups in total. The van der Waals surface area contributed by atoms with Crippen LogP contribution in [0.4, 0.5) is 10.8 Å². The molecule has 3 rings (SSSR count). The quantitative estimate of drug-likeness (QED) is 0.672. The van der Waals surface area contributed by atoms with Gasteiger partial charge in [0.05, 0.1) is 12.8 Å². The number of benzene rings is 2. The maximum atomic E-state index is 9.27. The lowest BCUT2D eigenvalue weighted by atomic mass is 10.2. The van der Waals surface area contributed by atoms with E-state index < -0.39 is 0 Å². The third-order valence-electron chi connectivity index (χ3n) is 3.01. The molecule has 0 radical (unpaired) electrons. The van der Waals surface area contributed by atoms with Crippen LogP contribution in [0.5, 0.6) is 11.5 Å². The number of rotatable bonds is 4. The predicted octanol–water partition coefficient (Wildman–Crippen LogP) is 1.27. The highest BCUT2D eigenvalue weighted by atomic mass is 79.9. The summed E-state index contributed by atoms with van der Waals surface area (Å²) in [5.41, 5.74) is 2.86. The van der Waals surface area contributed by atoms with E-state index in [9.17, 15) is 5.11 Å². The number of ether oxygens (including phenoxy) is 1. The molecule has 0 saturated heterocycles. The number of thiazole rings is 1. The number of hydrogen-bond acceptors (Lipinski definition) is 5. The molecule has 0 fully saturated rings. The minimum atomic E-state index is 0. The minimum Gasteiger partial charge on any atom is -1.00 e. The fourth-order valence-corrected chi connectivity index (χ4v) is 2.63. The van der Waals surface area contributed by atoms with Crippen LogP contribution in [0.25, 0.3) is 11.3 Å². The van der Waals surface area contributed by atoms with Gasteiger partial charge in [-0.2, -0.15) is 0 Å². The van der Waals surface area contributed by atoms with E-state index in [1.54, 1.807) is 19.2 Å². The van der Waals surface area contributed by atoms with E-state index in [1.807, 2.05) is 41.8 Å². The average molecular weight is 378 g/mol. The molecule has 0 saturated carbocycles. The maximum absolute atomic E-state index is 9.27. The van der Waals surface area contributed by atoms with Crippen LogP contribution in [0, 0.1) is 0 Å². The van der Waals surface area contributed by atoms with Crippen LogP contribution in [-0.4, -0.2) is 17.2 Å². The smallest absolute Gasteiger partial charge is 0.187 e. The first kappa shape index (κ1) is 16.3. The van der Waals surface area contributed by atoms with Crippen molar-refractivity contribution in [1.29, 1.82) is 0 Å².